The van der Waals surface area contributed by atoms with E-state index in [9.17, 15) is 14.7 Å². The topological polar surface area (TPSA) is 72.6 Å². The second-order valence-electron chi connectivity index (χ2n) is 4.48. The maximum atomic E-state index is 11.8. The first-order valence-corrected chi connectivity index (χ1v) is 5.81. The quantitative estimate of drug-likeness (QED) is 0.726. The molecule has 0 radical (unpaired) electrons. The summed E-state index contributed by atoms with van der Waals surface area (Å²) in [4.78, 5) is 22.7. The Bertz CT molecular complexity index is 549. The van der Waals surface area contributed by atoms with Crippen LogP contribution in [0, 0.1) is 13.8 Å². The Kier molecular flexibility index (Phi) is 3.23. The summed E-state index contributed by atoms with van der Waals surface area (Å²) in [5, 5.41) is 14.8. The van der Waals surface area contributed by atoms with E-state index in [4.69, 9.17) is 0 Å². The van der Waals surface area contributed by atoms with Gasteiger partial charge in [0.25, 0.3) is 0 Å². The van der Waals surface area contributed by atoms with Crippen molar-refractivity contribution in [2.24, 2.45) is 5.11 Å². The fourth-order valence-corrected chi connectivity index (χ4v) is 1.94. The Morgan fingerprint density at radius 1 is 1.44 bits per heavy atom. The van der Waals surface area contributed by atoms with Gasteiger partial charge in [0.2, 0.25) is 5.69 Å². The zero-order valence-electron chi connectivity index (χ0n) is 10.3. The number of nitrogens with zero attached hydrogens (tertiary/aromatic N) is 2. The minimum absolute atomic E-state index is 0.176. The molecule has 5 heteroatoms. The van der Waals surface area contributed by atoms with Gasteiger partial charge in [-0.05, 0) is 35.6 Å². The number of hydrogen-bond acceptors (Lipinski definition) is 4. The Balaban J connectivity index is 2.49. The molecule has 5 nitrogen and oxygen atoms in total. The van der Waals surface area contributed by atoms with Crippen molar-refractivity contribution < 1.29 is 19.4 Å². The first-order valence-electron chi connectivity index (χ1n) is 5.81. The molecule has 1 aliphatic heterocycles. The molecule has 0 spiro atoms. The number of carbonyl (C=O) groups excluding carboxylic acids is 2. The highest BCUT2D eigenvalue weighted by Gasteiger charge is 2.33. The lowest BCUT2D eigenvalue weighted by Gasteiger charge is -2.14. The summed E-state index contributed by atoms with van der Waals surface area (Å²) in [5.74, 6) is -1.42. The summed E-state index contributed by atoms with van der Waals surface area (Å²) in [5.41, 5.74) is 2.52. The lowest BCUT2D eigenvalue weighted by atomic mass is 10.1. The molecule has 0 saturated carbocycles. The van der Waals surface area contributed by atoms with E-state index >= 15 is 0 Å². The average molecular weight is 246 g/mol. The predicted molar refractivity (Wildman–Crippen MR) is 61.3 cm³/mol. The lowest BCUT2D eigenvalue weighted by molar-refractivity contribution is -0.446. The molecule has 0 bridgehead atoms. The lowest BCUT2D eigenvalue weighted by Crippen LogP contribution is -2.39. The minimum Gasteiger partial charge on any atom is -0.548 e. The minimum atomic E-state index is -1.24. The predicted octanol–water partition coefficient (Wildman–Crippen LogP) is 0.839. The Hall–Kier alpha value is -2.04. The van der Waals surface area contributed by atoms with Gasteiger partial charge < -0.3 is 9.90 Å². The number of carboxylic acid groups (broad SMARTS) is 1. The fourth-order valence-electron chi connectivity index (χ4n) is 1.94. The molecule has 0 aliphatic carbocycles. The molecule has 18 heavy (non-hydrogen) atoms. The molecule has 0 saturated heterocycles. The Morgan fingerprint density at radius 3 is 2.83 bits per heavy atom. The van der Waals surface area contributed by atoms with Crippen molar-refractivity contribution >= 4 is 17.6 Å². The Morgan fingerprint density at radius 2 is 2.17 bits per heavy atom. The summed E-state index contributed by atoms with van der Waals surface area (Å²) in [6, 6.07) is 4.70. The van der Waals surface area contributed by atoms with Crippen molar-refractivity contribution in [3.63, 3.8) is 0 Å². The van der Waals surface area contributed by atoms with Crippen LogP contribution in [0.15, 0.2) is 23.3 Å². The number of rotatable bonds is 2. The third-order valence-electron chi connectivity index (χ3n) is 2.99. The molecule has 2 rings (SSSR count). The highest BCUT2D eigenvalue weighted by Crippen LogP contribution is 2.24. The van der Waals surface area contributed by atoms with Crippen LogP contribution in [-0.4, -0.2) is 22.6 Å². The number of carbonyl (C=O) groups is 2. The van der Waals surface area contributed by atoms with Crippen LogP contribution < -0.4 is 5.11 Å². The van der Waals surface area contributed by atoms with Gasteiger partial charge >= 0.3 is 5.91 Å². The van der Waals surface area contributed by atoms with Crippen molar-refractivity contribution in [1.82, 2.24) is 0 Å². The third-order valence-corrected chi connectivity index (χ3v) is 2.99. The van der Waals surface area contributed by atoms with Gasteiger partial charge in [-0.15, -0.1) is 0 Å². The third kappa shape index (κ3) is 2.30. The second-order valence-corrected chi connectivity index (χ2v) is 4.48. The van der Waals surface area contributed by atoms with Gasteiger partial charge in [-0.1, -0.05) is 12.1 Å². The van der Waals surface area contributed by atoms with E-state index in [0.29, 0.717) is 5.69 Å². The van der Waals surface area contributed by atoms with Crippen LogP contribution in [0.3, 0.4) is 0 Å². The summed E-state index contributed by atoms with van der Waals surface area (Å²) < 4.78 is 1.20. The molecule has 0 aromatic heterocycles. The molecule has 1 atom stereocenters. The van der Waals surface area contributed by atoms with Gasteiger partial charge in [0.15, 0.2) is 6.04 Å². The van der Waals surface area contributed by atoms with Gasteiger partial charge in [0, 0.05) is 11.6 Å². The van der Waals surface area contributed by atoms with E-state index in [-0.39, 0.29) is 18.7 Å². The molecule has 1 aliphatic rings. The van der Waals surface area contributed by atoms with Crippen molar-refractivity contribution in [2.45, 2.75) is 32.7 Å². The highest BCUT2D eigenvalue weighted by atomic mass is 16.4. The summed E-state index contributed by atoms with van der Waals surface area (Å²) in [6.07, 6.45) is 0.387. The standard InChI is InChI=1S/C13H14N2O3/c1-8-3-4-9(2)11(7-8)15-12(16)6-5-10(14-15)13(17)18/h3-4,7,10H,5-6H2,1-2H3/t10-/m1/s1. The smallest absolute Gasteiger partial charge is 0.417 e. The number of carboxylic acids is 1. The zero-order chi connectivity index (χ0) is 13.3. The molecular formula is C13H14N2O3. The van der Waals surface area contributed by atoms with Crippen LogP contribution in [0.25, 0.3) is 0 Å². The molecule has 1 amide bonds. The van der Waals surface area contributed by atoms with Crippen molar-refractivity contribution in [3.8, 4) is 0 Å². The van der Waals surface area contributed by atoms with E-state index in [1.165, 1.54) is 4.70 Å². The fraction of sp³-hybridized carbons (Fsp3) is 0.385. The number of aliphatic carboxylic acids is 1. The van der Waals surface area contributed by atoms with Crippen LogP contribution in [0.5, 0.6) is 0 Å². The number of amides is 1. The number of hydrogen-bond donors (Lipinski definition) is 0. The van der Waals surface area contributed by atoms with Gasteiger partial charge in [0.05, 0.1) is 12.4 Å². The van der Waals surface area contributed by atoms with Crippen LogP contribution in [0.4, 0.5) is 5.69 Å². The Labute approximate surface area is 105 Å². The monoisotopic (exact) mass is 246 g/mol. The van der Waals surface area contributed by atoms with E-state index in [1.54, 1.807) is 0 Å². The second kappa shape index (κ2) is 4.68. The van der Waals surface area contributed by atoms with Crippen molar-refractivity contribution in [2.75, 3.05) is 0 Å². The molecule has 0 N–H and O–H groups in total. The average Bonchev–Trinajstić information content (AvgIpc) is 2.33. The molecule has 94 valence electrons. The van der Waals surface area contributed by atoms with Gasteiger partial charge in [-0.3, -0.25) is 0 Å². The van der Waals surface area contributed by atoms with Crippen LogP contribution in [0.2, 0.25) is 0 Å². The van der Waals surface area contributed by atoms with Crippen LogP contribution in [0.1, 0.15) is 24.0 Å². The maximum Gasteiger partial charge on any atom is 0.417 e. The molecule has 1 aromatic rings. The number of benzene rings is 1. The summed E-state index contributed by atoms with van der Waals surface area (Å²) in [7, 11) is 0. The molecule has 1 aromatic carbocycles. The van der Waals surface area contributed by atoms with Crippen molar-refractivity contribution in [1.29, 1.82) is 0 Å². The normalized spacial score (nSPS) is 19.6. The van der Waals surface area contributed by atoms with E-state index < -0.39 is 12.0 Å². The van der Waals surface area contributed by atoms with Crippen LogP contribution in [-0.2, 0) is 9.59 Å². The van der Waals surface area contributed by atoms with Gasteiger partial charge in [-0.25, -0.2) is 4.79 Å². The number of aryl methyl sites for hydroxylation is 2. The summed E-state index contributed by atoms with van der Waals surface area (Å²) in [6.45, 7) is 3.77. The van der Waals surface area contributed by atoms with Gasteiger partial charge in [0.1, 0.15) is 0 Å². The molecule has 0 unspecified atom stereocenters. The van der Waals surface area contributed by atoms with E-state index in [0.717, 1.165) is 11.1 Å². The largest absolute Gasteiger partial charge is 0.548 e. The molecular weight excluding hydrogens is 232 g/mol. The van der Waals surface area contributed by atoms with Crippen molar-refractivity contribution in [3.05, 3.63) is 29.3 Å². The van der Waals surface area contributed by atoms with Crippen LogP contribution >= 0.6 is 0 Å². The highest BCUT2D eigenvalue weighted by molar-refractivity contribution is 5.76. The van der Waals surface area contributed by atoms with E-state index in [2.05, 4.69) is 5.11 Å². The first kappa shape index (κ1) is 12.4. The zero-order valence-corrected chi connectivity index (χ0v) is 10.3. The first-order chi connectivity index (χ1) is 8.49. The van der Waals surface area contributed by atoms with Gasteiger partial charge in [-0.2, -0.15) is 0 Å². The molecule has 1 heterocycles. The number of azo groups is 2. The maximum absolute atomic E-state index is 11.8. The molecule has 0 fully saturated rings. The SMILES string of the molecule is Cc1ccc(C)c([N+]2=N[C@@H](C(=O)[O-])CCC2=O)c1. The summed E-state index contributed by atoms with van der Waals surface area (Å²) >= 11 is 0. The van der Waals surface area contributed by atoms with E-state index in [1.807, 2.05) is 32.0 Å².